The van der Waals surface area contributed by atoms with Crippen molar-refractivity contribution in [2.45, 2.75) is 19.4 Å². The first-order chi connectivity index (χ1) is 9.24. The first-order valence-electron chi connectivity index (χ1n) is 6.23. The van der Waals surface area contributed by atoms with Gasteiger partial charge in [0.15, 0.2) is 0 Å². The van der Waals surface area contributed by atoms with E-state index in [1.807, 2.05) is 31.2 Å². The number of para-hydroxylation sites is 1. The second-order valence-corrected chi connectivity index (χ2v) is 4.59. The van der Waals surface area contributed by atoms with Gasteiger partial charge >= 0.3 is 0 Å². The van der Waals surface area contributed by atoms with Gasteiger partial charge in [0.05, 0.1) is 11.6 Å². The van der Waals surface area contributed by atoms with Crippen LogP contribution in [0.2, 0.25) is 5.02 Å². The Morgan fingerprint density at radius 3 is 2.79 bits per heavy atom. The average Bonchev–Trinajstić information content (AvgIpc) is 2.45. The molecule has 4 heteroatoms. The quantitative estimate of drug-likeness (QED) is 0.908. The molecule has 1 aromatic carbocycles. The number of aromatic nitrogens is 1. The van der Waals surface area contributed by atoms with Crippen molar-refractivity contribution in [1.29, 1.82) is 0 Å². The molecular weight excluding hydrogens is 262 g/mol. The van der Waals surface area contributed by atoms with Crippen molar-refractivity contribution in [3.63, 3.8) is 0 Å². The molecule has 19 heavy (non-hydrogen) atoms. The largest absolute Gasteiger partial charge is 0.493 e. The third-order valence-electron chi connectivity index (χ3n) is 2.77. The number of pyridine rings is 1. The fourth-order valence-electron chi connectivity index (χ4n) is 1.83. The summed E-state index contributed by atoms with van der Waals surface area (Å²) in [5, 5.41) is 10.9. The number of halogens is 1. The number of aliphatic hydroxyl groups excluding tert-OH is 1. The highest BCUT2D eigenvalue weighted by Gasteiger charge is 2.17. The molecule has 0 fully saturated rings. The van der Waals surface area contributed by atoms with Gasteiger partial charge in [0, 0.05) is 23.5 Å². The minimum absolute atomic E-state index is 0.445. The molecule has 0 bridgehead atoms. The molecule has 1 unspecified atom stereocenters. The van der Waals surface area contributed by atoms with Crippen molar-refractivity contribution < 1.29 is 9.84 Å². The Bertz CT molecular complexity index is 545. The molecule has 0 radical (unpaired) electrons. The molecule has 0 saturated heterocycles. The van der Waals surface area contributed by atoms with Crippen LogP contribution < -0.4 is 4.74 Å². The zero-order valence-corrected chi connectivity index (χ0v) is 11.5. The van der Waals surface area contributed by atoms with Crippen LogP contribution in [0.1, 0.15) is 30.6 Å². The molecule has 0 spiro atoms. The third-order valence-corrected chi connectivity index (χ3v) is 3.09. The molecule has 2 rings (SSSR count). The highest BCUT2D eigenvalue weighted by molar-refractivity contribution is 6.31. The van der Waals surface area contributed by atoms with Gasteiger partial charge in [-0.25, -0.2) is 0 Å². The summed E-state index contributed by atoms with van der Waals surface area (Å²) >= 11 is 6.06. The molecule has 3 nitrogen and oxygen atoms in total. The van der Waals surface area contributed by atoms with E-state index in [0.29, 0.717) is 28.5 Å². The molecule has 0 aliphatic heterocycles. The normalized spacial score (nSPS) is 12.2. The Morgan fingerprint density at radius 1 is 1.26 bits per heavy atom. The van der Waals surface area contributed by atoms with Gasteiger partial charge in [0.2, 0.25) is 0 Å². The zero-order chi connectivity index (χ0) is 13.7. The van der Waals surface area contributed by atoms with E-state index in [4.69, 9.17) is 16.3 Å². The minimum Gasteiger partial charge on any atom is -0.493 e. The maximum absolute atomic E-state index is 10.5. The number of hydrogen-bond acceptors (Lipinski definition) is 3. The number of hydrogen-bond donors (Lipinski definition) is 1. The summed E-state index contributed by atoms with van der Waals surface area (Å²) in [7, 11) is 0. The Kier molecular flexibility index (Phi) is 4.77. The Labute approximate surface area is 117 Å². The van der Waals surface area contributed by atoms with E-state index in [1.165, 1.54) is 6.20 Å². The van der Waals surface area contributed by atoms with Crippen LogP contribution in [0.25, 0.3) is 0 Å². The SMILES string of the molecule is CCCOc1ccccc1C(O)c1ccncc1Cl. The fraction of sp³-hybridized carbons (Fsp3) is 0.267. The average molecular weight is 278 g/mol. The molecule has 2 aromatic rings. The van der Waals surface area contributed by atoms with Crippen molar-refractivity contribution >= 4 is 11.6 Å². The van der Waals surface area contributed by atoms with Crippen LogP contribution in [0.15, 0.2) is 42.7 Å². The molecule has 100 valence electrons. The van der Waals surface area contributed by atoms with Gasteiger partial charge in [-0.2, -0.15) is 0 Å². The lowest BCUT2D eigenvalue weighted by atomic mass is 10.0. The molecule has 0 aliphatic carbocycles. The van der Waals surface area contributed by atoms with Crippen LogP contribution in [0, 0.1) is 0 Å². The summed E-state index contributed by atoms with van der Waals surface area (Å²) in [6.07, 6.45) is 3.24. The summed E-state index contributed by atoms with van der Waals surface area (Å²) in [6, 6.07) is 9.15. The second-order valence-electron chi connectivity index (χ2n) is 4.19. The van der Waals surface area contributed by atoms with Crippen molar-refractivity contribution in [2.24, 2.45) is 0 Å². The van der Waals surface area contributed by atoms with Gasteiger partial charge in [-0.1, -0.05) is 36.7 Å². The number of aliphatic hydroxyl groups is 1. The lowest BCUT2D eigenvalue weighted by Crippen LogP contribution is -2.05. The van der Waals surface area contributed by atoms with Crippen molar-refractivity contribution in [2.75, 3.05) is 6.61 Å². The van der Waals surface area contributed by atoms with Gasteiger partial charge in [-0.05, 0) is 18.6 Å². The summed E-state index contributed by atoms with van der Waals surface area (Å²) in [4.78, 5) is 3.92. The Morgan fingerprint density at radius 2 is 2.05 bits per heavy atom. The third kappa shape index (κ3) is 3.25. The van der Waals surface area contributed by atoms with Crippen LogP contribution in [0.3, 0.4) is 0 Å². The van der Waals surface area contributed by atoms with Crippen molar-refractivity contribution in [3.8, 4) is 5.75 Å². The number of nitrogens with zero attached hydrogens (tertiary/aromatic N) is 1. The summed E-state index contributed by atoms with van der Waals surface area (Å²) in [5.41, 5.74) is 1.34. The van der Waals surface area contributed by atoms with Crippen LogP contribution in [-0.4, -0.2) is 16.7 Å². The van der Waals surface area contributed by atoms with Crippen molar-refractivity contribution in [1.82, 2.24) is 4.98 Å². The van der Waals surface area contributed by atoms with Crippen molar-refractivity contribution in [3.05, 3.63) is 58.9 Å². The predicted octanol–water partition coefficient (Wildman–Crippen LogP) is 3.61. The lowest BCUT2D eigenvalue weighted by molar-refractivity contribution is 0.210. The van der Waals surface area contributed by atoms with E-state index in [2.05, 4.69) is 4.98 Å². The maximum atomic E-state index is 10.5. The van der Waals surface area contributed by atoms with Crippen LogP contribution in [0.4, 0.5) is 0 Å². The van der Waals surface area contributed by atoms with Gasteiger partial charge in [-0.3, -0.25) is 4.98 Å². The zero-order valence-electron chi connectivity index (χ0n) is 10.7. The van der Waals surface area contributed by atoms with Crippen LogP contribution in [-0.2, 0) is 0 Å². The maximum Gasteiger partial charge on any atom is 0.125 e. The molecule has 1 N–H and O–H groups in total. The van der Waals surface area contributed by atoms with E-state index < -0.39 is 6.10 Å². The van der Waals surface area contributed by atoms with E-state index in [0.717, 1.165) is 6.42 Å². The van der Waals surface area contributed by atoms with Crippen LogP contribution >= 0.6 is 11.6 Å². The standard InChI is InChI=1S/C15H16ClNO2/c1-2-9-19-14-6-4-3-5-12(14)15(18)11-7-8-17-10-13(11)16/h3-8,10,15,18H,2,9H2,1H3. The van der Waals surface area contributed by atoms with E-state index in [-0.39, 0.29) is 0 Å². The molecule has 1 atom stereocenters. The Hall–Kier alpha value is -1.58. The summed E-state index contributed by atoms with van der Waals surface area (Å²) in [6.45, 7) is 2.66. The first kappa shape index (κ1) is 13.8. The molecule has 1 heterocycles. The van der Waals surface area contributed by atoms with Gasteiger partial charge < -0.3 is 9.84 Å². The highest BCUT2D eigenvalue weighted by atomic mass is 35.5. The second kappa shape index (κ2) is 6.55. The molecular formula is C15H16ClNO2. The topological polar surface area (TPSA) is 42.4 Å². The molecule has 1 aromatic heterocycles. The van der Waals surface area contributed by atoms with Gasteiger partial charge in [0.1, 0.15) is 11.9 Å². The summed E-state index contributed by atoms with van der Waals surface area (Å²) in [5.74, 6) is 0.685. The molecule has 0 aliphatic rings. The Balaban J connectivity index is 2.33. The minimum atomic E-state index is -0.816. The number of benzene rings is 1. The lowest BCUT2D eigenvalue weighted by Gasteiger charge is -2.17. The van der Waals surface area contributed by atoms with Gasteiger partial charge in [-0.15, -0.1) is 0 Å². The smallest absolute Gasteiger partial charge is 0.125 e. The van der Waals surface area contributed by atoms with E-state index in [1.54, 1.807) is 12.3 Å². The molecule has 0 amide bonds. The predicted molar refractivity (Wildman–Crippen MR) is 75.5 cm³/mol. The fourth-order valence-corrected chi connectivity index (χ4v) is 2.05. The highest BCUT2D eigenvalue weighted by Crippen LogP contribution is 2.32. The number of ether oxygens (including phenoxy) is 1. The van der Waals surface area contributed by atoms with Gasteiger partial charge in [0.25, 0.3) is 0 Å². The molecule has 0 saturated carbocycles. The van der Waals surface area contributed by atoms with E-state index >= 15 is 0 Å². The van der Waals surface area contributed by atoms with Crippen LogP contribution in [0.5, 0.6) is 5.75 Å². The van der Waals surface area contributed by atoms with E-state index in [9.17, 15) is 5.11 Å². The first-order valence-corrected chi connectivity index (χ1v) is 6.61. The monoisotopic (exact) mass is 277 g/mol. The number of rotatable bonds is 5. The summed E-state index contributed by atoms with van der Waals surface area (Å²) < 4.78 is 5.65.